The van der Waals surface area contributed by atoms with Crippen LogP contribution < -0.4 is 9.62 Å². The predicted octanol–water partition coefficient (Wildman–Crippen LogP) is 3.78. The molecule has 0 radical (unpaired) electrons. The van der Waals surface area contributed by atoms with Crippen molar-refractivity contribution >= 4 is 43.2 Å². The molecule has 0 saturated carbocycles. The van der Waals surface area contributed by atoms with E-state index in [0.29, 0.717) is 11.4 Å². The number of nitrogens with zero attached hydrogens (tertiary/aromatic N) is 1. The summed E-state index contributed by atoms with van der Waals surface area (Å²) in [6.45, 7) is 5.40. The molecule has 0 aliphatic carbocycles. The Kier molecular flexibility index (Phi) is 5.90. The van der Waals surface area contributed by atoms with E-state index in [2.05, 4.69) is 21.2 Å². The average Bonchev–Trinajstić information content (AvgIpc) is 2.50. The van der Waals surface area contributed by atoms with Crippen molar-refractivity contribution in [2.75, 3.05) is 22.4 Å². The number of benzene rings is 2. The fourth-order valence-electron chi connectivity index (χ4n) is 2.37. The second-order valence-electron chi connectivity index (χ2n) is 6.07. The number of hydrogen-bond donors (Lipinski definition) is 1. The van der Waals surface area contributed by atoms with Gasteiger partial charge in [0.15, 0.2) is 0 Å². The molecule has 2 rings (SSSR count). The molecule has 0 saturated heterocycles. The van der Waals surface area contributed by atoms with Crippen LogP contribution in [-0.4, -0.2) is 27.1 Å². The van der Waals surface area contributed by atoms with Crippen LogP contribution in [0.2, 0.25) is 0 Å². The van der Waals surface area contributed by atoms with Gasteiger partial charge in [-0.2, -0.15) is 0 Å². The van der Waals surface area contributed by atoms with Gasteiger partial charge in [0.1, 0.15) is 6.54 Å². The van der Waals surface area contributed by atoms with E-state index in [9.17, 15) is 13.2 Å². The van der Waals surface area contributed by atoms with E-state index in [0.717, 1.165) is 31.7 Å². The van der Waals surface area contributed by atoms with Crippen LogP contribution in [0.25, 0.3) is 0 Å². The van der Waals surface area contributed by atoms with E-state index >= 15 is 0 Å². The van der Waals surface area contributed by atoms with Crippen molar-refractivity contribution in [1.82, 2.24) is 0 Å². The third-order valence-electron chi connectivity index (χ3n) is 3.78. The van der Waals surface area contributed by atoms with Crippen molar-refractivity contribution in [1.29, 1.82) is 0 Å². The van der Waals surface area contributed by atoms with Crippen LogP contribution in [0.4, 0.5) is 11.4 Å². The number of rotatable bonds is 5. The van der Waals surface area contributed by atoms with Gasteiger partial charge in [0.05, 0.1) is 11.9 Å². The van der Waals surface area contributed by atoms with Crippen molar-refractivity contribution in [2.45, 2.75) is 20.8 Å². The summed E-state index contributed by atoms with van der Waals surface area (Å²) in [4.78, 5) is 12.4. The van der Waals surface area contributed by atoms with Gasteiger partial charge in [-0.3, -0.25) is 9.10 Å². The molecule has 2 aromatic carbocycles. The van der Waals surface area contributed by atoms with Crippen LogP contribution in [0, 0.1) is 20.8 Å². The molecule has 0 aliphatic heterocycles. The Labute approximate surface area is 157 Å². The van der Waals surface area contributed by atoms with E-state index in [4.69, 9.17) is 0 Å². The second kappa shape index (κ2) is 7.58. The van der Waals surface area contributed by atoms with Crippen LogP contribution in [0.1, 0.15) is 16.7 Å². The van der Waals surface area contributed by atoms with Crippen LogP contribution in [0.5, 0.6) is 0 Å². The van der Waals surface area contributed by atoms with Gasteiger partial charge in [0.25, 0.3) is 0 Å². The number of hydrogen-bond acceptors (Lipinski definition) is 3. The third-order valence-corrected chi connectivity index (χ3v) is 5.81. The molecule has 0 bridgehead atoms. The molecule has 0 spiro atoms. The van der Waals surface area contributed by atoms with Gasteiger partial charge in [-0.25, -0.2) is 8.42 Å². The zero-order chi connectivity index (χ0) is 18.8. The molecule has 0 fully saturated rings. The molecule has 0 aromatic heterocycles. The SMILES string of the molecule is Cc1ccc(C)c(NC(=O)CN(c2ccc(Br)c(C)c2)S(C)(=O)=O)c1. The summed E-state index contributed by atoms with van der Waals surface area (Å²) in [6, 6.07) is 10.9. The Balaban J connectivity index is 2.27. The minimum atomic E-state index is -3.60. The topological polar surface area (TPSA) is 66.5 Å². The molecule has 1 amide bonds. The highest BCUT2D eigenvalue weighted by Gasteiger charge is 2.21. The molecule has 5 nitrogen and oxygen atoms in total. The normalized spacial score (nSPS) is 11.2. The van der Waals surface area contributed by atoms with Gasteiger partial charge >= 0.3 is 0 Å². The van der Waals surface area contributed by atoms with E-state index < -0.39 is 10.0 Å². The molecule has 0 unspecified atom stereocenters. The fourth-order valence-corrected chi connectivity index (χ4v) is 3.47. The number of halogens is 1. The molecule has 1 N–H and O–H groups in total. The molecule has 0 aliphatic rings. The summed E-state index contributed by atoms with van der Waals surface area (Å²) >= 11 is 3.39. The first-order valence-corrected chi connectivity index (χ1v) is 10.3. The summed E-state index contributed by atoms with van der Waals surface area (Å²) in [5, 5.41) is 2.80. The first-order valence-electron chi connectivity index (χ1n) is 7.69. The standard InChI is InChI=1S/C18H21BrN2O3S/c1-12-5-6-13(2)17(9-12)20-18(22)11-21(25(4,23)24)15-7-8-16(19)14(3)10-15/h5-10H,11H2,1-4H3,(H,20,22). The van der Waals surface area contributed by atoms with E-state index in [1.807, 2.05) is 39.0 Å². The Morgan fingerprint density at radius 1 is 1.08 bits per heavy atom. The Hall–Kier alpha value is -1.86. The molecule has 25 heavy (non-hydrogen) atoms. The van der Waals surface area contributed by atoms with Crippen molar-refractivity contribution in [3.63, 3.8) is 0 Å². The number of nitrogens with one attached hydrogen (secondary N) is 1. The van der Waals surface area contributed by atoms with Gasteiger partial charge in [-0.1, -0.05) is 28.1 Å². The molecule has 0 heterocycles. The number of amides is 1. The maximum absolute atomic E-state index is 12.4. The van der Waals surface area contributed by atoms with Gasteiger partial charge in [0, 0.05) is 10.2 Å². The van der Waals surface area contributed by atoms with Gasteiger partial charge < -0.3 is 5.32 Å². The number of anilines is 2. The van der Waals surface area contributed by atoms with Gasteiger partial charge in [-0.15, -0.1) is 0 Å². The van der Waals surface area contributed by atoms with Crippen LogP contribution in [0.3, 0.4) is 0 Å². The zero-order valence-corrected chi connectivity index (χ0v) is 17.0. The van der Waals surface area contributed by atoms with Crippen molar-refractivity contribution in [2.24, 2.45) is 0 Å². The Morgan fingerprint density at radius 2 is 1.76 bits per heavy atom. The molecular formula is C18H21BrN2O3S. The summed E-state index contributed by atoms with van der Waals surface area (Å²) in [7, 11) is -3.60. The maximum Gasteiger partial charge on any atom is 0.245 e. The number of aryl methyl sites for hydroxylation is 3. The first-order chi connectivity index (χ1) is 11.6. The van der Waals surface area contributed by atoms with Crippen molar-refractivity contribution in [3.8, 4) is 0 Å². The number of sulfonamides is 1. The lowest BCUT2D eigenvalue weighted by Gasteiger charge is -2.23. The lowest BCUT2D eigenvalue weighted by atomic mass is 10.1. The molecule has 134 valence electrons. The van der Waals surface area contributed by atoms with Gasteiger partial charge in [0.2, 0.25) is 15.9 Å². The lowest BCUT2D eigenvalue weighted by molar-refractivity contribution is -0.114. The van der Waals surface area contributed by atoms with Crippen molar-refractivity contribution in [3.05, 3.63) is 57.6 Å². The summed E-state index contributed by atoms with van der Waals surface area (Å²) in [5.41, 5.74) is 3.97. The zero-order valence-electron chi connectivity index (χ0n) is 14.6. The molecule has 0 atom stereocenters. The quantitative estimate of drug-likeness (QED) is 0.793. The monoisotopic (exact) mass is 424 g/mol. The largest absolute Gasteiger partial charge is 0.324 e. The highest BCUT2D eigenvalue weighted by atomic mass is 79.9. The summed E-state index contributed by atoms with van der Waals surface area (Å²) in [5.74, 6) is -0.389. The fraction of sp³-hybridized carbons (Fsp3) is 0.278. The molecule has 2 aromatic rings. The second-order valence-corrected chi connectivity index (χ2v) is 8.83. The molecule has 7 heteroatoms. The smallest absolute Gasteiger partial charge is 0.245 e. The van der Waals surface area contributed by atoms with E-state index in [-0.39, 0.29) is 12.5 Å². The van der Waals surface area contributed by atoms with Crippen LogP contribution in [-0.2, 0) is 14.8 Å². The van der Waals surface area contributed by atoms with E-state index in [1.54, 1.807) is 18.2 Å². The summed E-state index contributed by atoms with van der Waals surface area (Å²) < 4.78 is 26.3. The number of carbonyl (C=O) groups excluding carboxylic acids is 1. The average molecular weight is 425 g/mol. The predicted molar refractivity (Wildman–Crippen MR) is 106 cm³/mol. The third kappa shape index (κ3) is 5.06. The van der Waals surface area contributed by atoms with E-state index in [1.165, 1.54) is 0 Å². The number of carbonyl (C=O) groups is 1. The summed E-state index contributed by atoms with van der Waals surface area (Å²) in [6.07, 6.45) is 1.09. The Bertz CT molecular complexity index is 911. The Morgan fingerprint density at radius 3 is 2.36 bits per heavy atom. The van der Waals surface area contributed by atoms with Crippen LogP contribution in [0.15, 0.2) is 40.9 Å². The minimum absolute atomic E-state index is 0.284. The van der Waals surface area contributed by atoms with Crippen LogP contribution >= 0.6 is 15.9 Å². The minimum Gasteiger partial charge on any atom is -0.324 e. The highest BCUT2D eigenvalue weighted by molar-refractivity contribution is 9.10. The molecular weight excluding hydrogens is 404 g/mol. The lowest BCUT2D eigenvalue weighted by Crippen LogP contribution is -2.37. The van der Waals surface area contributed by atoms with Gasteiger partial charge in [-0.05, 0) is 61.7 Å². The maximum atomic E-state index is 12.4. The first kappa shape index (κ1) is 19.5. The van der Waals surface area contributed by atoms with Crippen molar-refractivity contribution < 1.29 is 13.2 Å². The highest BCUT2D eigenvalue weighted by Crippen LogP contribution is 2.25.